The van der Waals surface area contributed by atoms with Crippen LogP contribution in [0, 0.1) is 80.8 Å². The average Bonchev–Trinajstić information content (AvgIpc) is 3.55. The number of aliphatic hydroxyl groups is 3. The summed E-state index contributed by atoms with van der Waals surface area (Å²) in [4.78, 5) is 25.9. The molecule has 1 aliphatic heterocycles. The molecule has 7 saturated carbocycles. The van der Waals surface area contributed by atoms with E-state index in [-0.39, 0.29) is 35.1 Å². The minimum absolute atomic E-state index is 0.0168. The lowest BCUT2D eigenvalue weighted by molar-refractivity contribution is -0.190. The summed E-state index contributed by atoms with van der Waals surface area (Å²) in [6.07, 6.45) is 21.2. The van der Waals surface area contributed by atoms with Gasteiger partial charge in [-0.05, 0) is 172 Å². The molecule has 6 heteroatoms. The SMILES string of the molecule is CC(C)C1CC(O)OC(CC2CC(=O)[C@H]3C4CCC5C[C@@H](O)CC[C@]5(C)C4CC[C@]23C)C1.C[C@]12CC[C@H](O)CC1=CCC1C2CC[C@]2(C)C(=O)CCC12. The Morgan fingerprint density at radius 1 is 0.736 bits per heavy atom. The van der Waals surface area contributed by atoms with Crippen molar-refractivity contribution in [3.05, 3.63) is 11.6 Å². The highest BCUT2D eigenvalue weighted by atomic mass is 16.6. The fourth-order valence-corrected chi connectivity index (χ4v) is 15.9. The van der Waals surface area contributed by atoms with Crippen LogP contribution in [0.4, 0.5) is 0 Å². The van der Waals surface area contributed by atoms with Crippen LogP contribution in [-0.2, 0) is 14.3 Å². The summed E-state index contributed by atoms with van der Waals surface area (Å²) < 4.78 is 6.01. The predicted molar refractivity (Wildman–Crippen MR) is 207 cm³/mol. The van der Waals surface area contributed by atoms with Gasteiger partial charge in [0.05, 0.1) is 18.3 Å². The van der Waals surface area contributed by atoms with Crippen LogP contribution < -0.4 is 0 Å². The third-order valence-electron chi connectivity index (χ3n) is 19.3. The van der Waals surface area contributed by atoms with Crippen LogP contribution in [0.2, 0.25) is 0 Å². The number of hydrogen-bond donors (Lipinski definition) is 3. The van der Waals surface area contributed by atoms with E-state index >= 15 is 0 Å². The lowest BCUT2D eigenvalue weighted by Crippen LogP contribution is -2.55. The zero-order valence-corrected chi connectivity index (χ0v) is 34.2. The molecule has 8 aliphatic carbocycles. The van der Waals surface area contributed by atoms with Gasteiger partial charge in [-0.1, -0.05) is 53.2 Å². The van der Waals surface area contributed by atoms with E-state index in [9.17, 15) is 24.9 Å². The average molecular weight is 735 g/mol. The van der Waals surface area contributed by atoms with Crippen LogP contribution in [0.15, 0.2) is 11.6 Å². The van der Waals surface area contributed by atoms with Crippen LogP contribution in [0.5, 0.6) is 0 Å². The maximum Gasteiger partial charge on any atom is 0.155 e. The second-order valence-electron chi connectivity index (χ2n) is 21.9. The van der Waals surface area contributed by atoms with Crippen molar-refractivity contribution in [2.75, 3.05) is 0 Å². The van der Waals surface area contributed by atoms with E-state index < -0.39 is 6.29 Å². The smallest absolute Gasteiger partial charge is 0.155 e. The molecule has 0 spiro atoms. The first kappa shape index (κ1) is 38.8. The summed E-state index contributed by atoms with van der Waals surface area (Å²) in [7, 11) is 0. The number of allylic oxidation sites excluding steroid dienone is 1. The minimum Gasteiger partial charge on any atom is -0.393 e. The van der Waals surface area contributed by atoms with E-state index in [1.54, 1.807) is 0 Å². The monoisotopic (exact) mass is 735 g/mol. The van der Waals surface area contributed by atoms with Gasteiger partial charge in [0.2, 0.25) is 0 Å². The largest absolute Gasteiger partial charge is 0.393 e. The van der Waals surface area contributed by atoms with E-state index in [0.717, 1.165) is 95.8 Å². The molecule has 0 radical (unpaired) electrons. The van der Waals surface area contributed by atoms with Crippen molar-refractivity contribution in [2.24, 2.45) is 80.8 Å². The Morgan fingerprint density at radius 3 is 2.21 bits per heavy atom. The van der Waals surface area contributed by atoms with Gasteiger partial charge >= 0.3 is 0 Å². The normalized spacial score (nSPS) is 53.2. The van der Waals surface area contributed by atoms with Gasteiger partial charge in [0, 0.05) is 30.6 Å². The molecule has 298 valence electrons. The number of carbonyl (C=O) groups is 2. The molecule has 9 aliphatic rings. The zero-order chi connectivity index (χ0) is 37.7. The number of ketones is 2. The van der Waals surface area contributed by atoms with Gasteiger partial charge < -0.3 is 20.1 Å². The molecule has 0 amide bonds. The van der Waals surface area contributed by atoms with Crippen molar-refractivity contribution in [2.45, 2.75) is 188 Å². The lowest BCUT2D eigenvalue weighted by Gasteiger charge is -2.60. The van der Waals surface area contributed by atoms with E-state index in [4.69, 9.17) is 4.74 Å². The number of Topliss-reactive ketones (excluding diaryl/α,β-unsaturated/α-hetero) is 2. The maximum atomic E-state index is 13.5. The number of carbonyl (C=O) groups excluding carboxylic acids is 2. The Bertz CT molecular complexity index is 1440. The summed E-state index contributed by atoms with van der Waals surface area (Å²) in [5.74, 6) is 6.60. The molecule has 6 nitrogen and oxygen atoms in total. The maximum absolute atomic E-state index is 13.5. The van der Waals surface area contributed by atoms with Gasteiger partial charge in [0.15, 0.2) is 6.29 Å². The molecule has 53 heavy (non-hydrogen) atoms. The highest BCUT2D eigenvalue weighted by Gasteiger charge is 2.63. The summed E-state index contributed by atoms with van der Waals surface area (Å²) in [6, 6.07) is 0. The second-order valence-corrected chi connectivity index (χ2v) is 21.9. The van der Waals surface area contributed by atoms with Gasteiger partial charge in [0.25, 0.3) is 0 Å². The second kappa shape index (κ2) is 14.1. The third-order valence-corrected chi connectivity index (χ3v) is 19.3. The topological polar surface area (TPSA) is 104 Å². The molecular formula is C47H74O6. The van der Waals surface area contributed by atoms with E-state index in [1.807, 2.05) is 0 Å². The lowest BCUT2D eigenvalue weighted by atomic mass is 9.44. The number of aliphatic hydroxyl groups excluding tert-OH is 3. The van der Waals surface area contributed by atoms with Crippen LogP contribution in [0.3, 0.4) is 0 Å². The molecular weight excluding hydrogens is 661 g/mol. The van der Waals surface area contributed by atoms with Crippen molar-refractivity contribution >= 4 is 11.6 Å². The molecule has 3 N–H and O–H groups in total. The van der Waals surface area contributed by atoms with Gasteiger partial charge in [-0.2, -0.15) is 0 Å². The first-order valence-electron chi connectivity index (χ1n) is 22.5. The first-order valence-corrected chi connectivity index (χ1v) is 22.5. The van der Waals surface area contributed by atoms with Crippen LogP contribution in [0.1, 0.15) is 164 Å². The van der Waals surface area contributed by atoms with Crippen LogP contribution in [0.25, 0.3) is 0 Å². The van der Waals surface area contributed by atoms with Crippen LogP contribution in [-0.4, -0.2) is 51.5 Å². The van der Waals surface area contributed by atoms with Gasteiger partial charge in [-0.25, -0.2) is 0 Å². The standard InChI is InChI=1S/C28H46O4.C19H28O2/c1-16(2)17-11-21(32-25(31)12-17)14-19-15-24(30)26-22-6-5-18-13-20(29)7-9-27(18,3)23(22)8-10-28(19,26)4;1-18-9-7-13(20)11-12(18)3-4-14-15-5-6-17(21)19(15,2)10-8-16(14)18/h16-23,25-26,29,31H,5-15H2,1-4H3;3,13-16,20H,4-11H2,1-2H3/t17?,18?,19?,20-,21?,22?,23?,25?,26+,27-,28+;13-,14?,15?,16?,18-,19-/m00/s1. The molecule has 1 saturated heterocycles. The molecule has 0 aromatic rings. The summed E-state index contributed by atoms with van der Waals surface area (Å²) in [5, 5.41) is 30.6. The Kier molecular flexibility index (Phi) is 10.3. The summed E-state index contributed by atoms with van der Waals surface area (Å²) >= 11 is 0. The summed E-state index contributed by atoms with van der Waals surface area (Å²) in [6.45, 7) is 14.1. The quantitative estimate of drug-likeness (QED) is 0.250. The Morgan fingerprint density at radius 2 is 1.43 bits per heavy atom. The number of ether oxygens (including phenoxy) is 1. The van der Waals surface area contributed by atoms with E-state index in [1.165, 1.54) is 31.3 Å². The molecule has 1 heterocycles. The zero-order valence-electron chi connectivity index (χ0n) is 34.2. The molecule has 0 bridgehead atoms. The van der Waals surface area contributed by atoms with E-state index in [2.05, 4.69) is 47.6 Å². The number of hydrogen-bond acceptors (Lipinski definition) is 6. The predicted octanol–water partition coefficient (Wildman–Crippen LogP) is 9.22. The molecule has 0 aromatic carbocycles. The molecule has 10 unspecified atom stereocenters. The van der Waals surface area contributed by atoms with Crippen molar-refractivity contribution in [1.82, 2.24) is 0 Å². The Hall–Kier alpha value is -1.08. The van der Waals surface area contributed by atoms with Crippen molar-refractivity contribution < 1.29 is 29.6 Å². The first-order chi connectivity index (χ1) is 25.1. The fourth-order valence-electron chi connectivity index (χ4n) is 15.9. The summed E-state index contributed by atoms with van der Waals surface area (Å²) in [5.41, 5.74) is 2.21. The highest BCUT2D eigenvalue weighted by Crippen LogP contribution is 2.68. The Balaban J connectivity index is 0.000000164. The Labute approximate surface area is 321 Å². The van der Waals surface area contributed by atoms with Crippen molar-refractivity contribution in [3.8, 4) is 0 Å². The highest BCUT2D eigenvalue weighted by molar-refractivity contribution is 5.87. The third kappa shape index (κ3) is 6.41. The van der Waals surface area contributed by atoms with Crippen molar-refractivity contribution in [3.63, 3.8) is 0 Å². The van der Waals surface area contributed by atoms with Crippen molar-refractivity contribution in [1.29, 1.82) is 0 Å². The molecule has 17 atom stereocenters. The van der Waals surface area contributed by atoms with Gasteiger partial charge in [0.1, 0.15) is 11.6 Å². The molecule has 9 rings (SSSR count). The molecule has 8 fully saturated rings. The van der Waals surface area contributed by atoms with Crippen LogP contribution >= 0.6 is 0 Å². The number of rotatable bonds is 3. The molecule has 0 aromatic heterocycles. The van der Waals surface area contributed by atoms with Gasteiger partial charge in [-0.15, -0.1) is 0 Å². The minimum atomic E-state index is -0.644. The van der Waals surface area contributed by atoms with Gasteiger partial charge in [-0.3, -0.25) is 9.59 Å². The fraction of sp³-hybridized carbons (Fsp3) is 0.915. The van der Waals surface area contributed by atoms with E-state index in [0.29, 0.717) is 76.2 Å². The number of fused-ring (bicyclic) bond motifs is 10.